The molecule has 21 heavy (non-hydrogen) atoms. The first kappa shape index (κ1) is 25.8. The van der Waals surface area contributed by atoms with E-state index in [-0.39, 0.29) is 5.48 Å². The lowest BCUT2D eigenvalue weighted by atomic mass is 10.1. The summed E-state index contributed by atoms with van der Waals surface area (Å²) in [4.78, 5) is 2.31. The van der Waals surface area contributed by atoms with E-state index in [9.17, 15) is 0 Å². The fourth-order valence-electron chi connectivity index (χ4n) is 2.17. The summed E-state index contributed by atoms with van der Waals surface area (Å²) in [5.41, 5.74) is 5.42. The third-order valence-corrected chi connectivity index (χ3v) is 3.70. The molecule has 0 heterocycles. The van der Waals surface area contributed by atoms with Crippen molar-refractivity contribution in [2.75, 3.05) is 26.7 Å². The molecule has 0 amide bonds. The molecule has 0 unspecified atom stereocenters. The number of hydrogen-bond donors (Lipinski definition) is 1. The van der Waals surface area contributed by atoms with Crippen molar-refractivity contribution in [3.05, 3.63) is 0 Å². The van der Waals surface area contributed by atoms with Crippen molar-refractivity contribution in [1.29, 1.82) is 0 Å². The van der Waals surface area contributed by atoms with E-state index in [4.69, 9.17) is 5.73 Å². The Morgan fingerprint density at radius 1 is 0.667 bits per heavy atom. The first-order valence-corrected chi connectivity index (χ1v) is 9.11. The Bertz CT molecular complexity index is 144. The molecular formula is C18H44N2O. The van der Waals surface area contributed by atoms with E-state index in [1.807, 2.05) is 0 Å². The van der Waals surface area contributed by atoms with Gasteiger partial charge in [-0.05, 0) is 39.5 Å². The van der Waals surface area contributed by atoms with Gasteiger partial charge in [0.25, 0.3) is 0 Å². The van der Waals surface area contributed by atoms with Gasteiger partial charge >= 0.3 is 0 Å². The Hall–Kier alpha value is -0.120. The van der Waals surface area contributed by atoms with Gasteiger partial charge in [0.2, 0.25) is 0 Å². The molecule has 0 atom stereocenters. The number of hydrogen-bond acceptors (Lipinski definition) is 2. The normalized spacial score (nSPS) is 10.0. The molecule has 3 heteroatoms. The van der Waals surface area contributed by atoms with Crippen LogP contribution in [0.15, 0.2) is 0 Å². The molecule has 0 rings (SSSR count). The molecule has 0 radical (unpaired) electrons. The van der Waals surface area contributed by atoms with Crippen molar-refractivity contribution in [3.63, 3.8) is 0 Å². The Morgan fingerprint density at radius 2 is 1.10 bits per heavy atom. The van der Waals surface area contributed by atoms with E-state index in [1.165, 1.54) is 83.7 Å². The highest BCUT2D eigenvalue weighted by Crippen LogP contribution is 2.09. The second kappa shape index (κ2) is 24.9. The predicted molar refractivity (Wildman–Crippen MR) is 98.0 cm³/mol. The summed E-state index contributed by atoms with van der Waals surface area (Å²) in [5, 5.41) is 0. The van der Waals surface area contributed by atoms with Gasteiger partial charge in [-0.3, -0.25) is 0 Å². The van der Waals surface area contributed by atoms with E-state index < -0.39 is 0 Å². The Labute approximate surface area is 135 Å². The highest BCUT2D eigenvalue weighted by molar-refractivity contribution is 4.47. The van der Waals surface area contributed by atoms with Crippen LogP contribution in [0.4, 0.5) is 0 Å². The van der Waals surface area contributed by atoms with E-state index >= 15 is 0 Å². The molecule has 0 fully saturated rings. The Kier molecular flexibility index (Phi) is 30.6. The molecule has 0 aromatic heterocycles. The standard InChI is InChI=1S/C12H27N.C6H15N.H2O/c1-2-3-4-5-6-7-8-9-10-11-12-13;1-4-6-7(3)5-2;/h2-13H2,1H3;4-6H2,1-3H3;1H2. The average molecular weight is 305 g/mol. The monoisotopic (exact) mass is 304 g/mol. The lowest BCUT2D eigenvalue weighted by molar-refractivity contribution is 0.353. The van der Waals surface area contributed by atoms with E-state index in [2.05, 4.69) is 32.7 Å². The van der Waals surface area contributed by atoms with Crippen molar-refractivity contribution in [2.24, 2.45) is 5.73 Å². The van der Waals surface area contributed by atoms with Crippen molar-refractivity contribution < 1.29 is 5.48 Å². The summed E-state index contributed by atoms with van der Waals surface area (Å²) in [6, 6.07) is 0. The van der Waals surface area contributed by atoms with Crippen LogP contribution in [0, 0.1) is 0 Å². The third-order valence-electron chi connectivity index (χ3n) is 3.70. The van der Waals surface area contributed by atoms with Crippen LogP contribution in [0.1, 0.15) is 91.4 Å². The maximum absolute atomic E-state index is 5.42. The topological polar surface area (TPSA) is 60.8 Å². The van der Waals surface area contributed by atoms with Gasteiger partial charge in [0.15, 0.2) is 0 Å². The maximum atomic E-state index is 5.42. The molecule has 0 aliphatic carbocycles. The Morgan fingerprint density at radius 3 is 1.38 bits per heavy atom. The smallest absolute Gasteiger partial charge is 0.00245 e. The van der Waals surface area contributed by atoms with Crippen molar-refractivity contribution in [3.8, 4) is 0 Å². The van der Waals surface area contributed by atoms with Gasteiger partial charge < -0.3 is 16.1 Å². The summed E-state index contributed by atoms with van der Waals surface area (Å²) < 4.78 is 0. The zero-order valence-corrected chi connectivity index (χ0v) is 15.4. The van der Waals surface area contributed by atoms with Gasteiger partial charge in [0.05, 0.1) is 0 Å². The van der Waals surface area contributed by atoms with Crippen LogP contribution < -0.4 is 5.73 Å². The lowest BCUT2D eigenvalue weighted by Gasteiger charge is -2.10. The van der Waals surface area contributed by atoms with Gasteiger partial charge in [0.1, 0.15) is 0 Å². The molecule has 0 saturated heterocycles. The molecule has 0 bridgehead atoms. The predicted octanol–water partition coefficient (Wildman–Crippen LogP) is 4.39. The highest BCUT2D eigenvalue weighted by Gasteiger charge is 1.91. The highest BCUT2D eigenvalue weighted by atomic mass is 16.0. The zero-order valence-electron chi connectivity index (χ0n) is 15.4. The van der Waals surface area contributed by atoms with Crippen LogP contribution in [0.5, 0.6) is 0 Å². The molecule has 0 spiro atoms. The number of nitrogens with two attached hydrogens (primary N) is 1. The van der Waals surface area contributed by atoms with E-state index in [0.29, 0.717) is 0 Å². The van der Waals surface area contributed by atoms with Crippen molar-refractivity contribution in [1.82, 2.24) is 4.90 Å². The number of nitrogens with zero attached hydrogens (tertiary/aromatic N) is 1. The van der Waals surface area contributed by atoms with Crippen LogP contribution in [0.25, 0.3) is 0 Å². The minimum Gasteiger partial charge on any atom is -0.412 e. The quantitative estimate of drug-likeness (QED) is 0.513. The molecular weight excluding hydrogens is 260 g/mol. The molecule has 0 aromatic carbocycles. The first-order chi connectivity index (χ1) is 9.72. The summed E-state index contributed by atoms with van der Waals surface area (Å²) in [7, 11) is 2.14. The number of rotatable bonds is 13. The van der Waals surface area contributed by atoms with Crippen LogP contribution >= 0.6 is 0 Å². The number of unbranched alkanes of at least 4 members (excludes halogenated alkanes) is 9. The molecule has 4 N–H and O–H groups in total. The van der Waals surface area contributed by atoms with Gasteiger partial charge in [0, 0.05) is 0 Å². The zero-order chi connectivity index (χ0) is 15.5. The average Bonchev–Trinajstić information content (AvgIpc) is 2.46. The summed E-state index contributed by atoms with van der Waals surface area (Å²) in [6.45, 7) is 9.93. The molecule has 3 nitrogen and oxygen atoms in total. The summed E-state index contributed by atoms with van der Waals surface area (Å²) in [6.07, 6.45) is 15.2. The fraction of sp³-hybridized carbons (Fsp3) is 1.00. The van der Waals surface area contributed by atoms with E-state index in [0.717, 1.165) is 6.54 Å². The van der Waals surface area contributed by atoms with Crippen LogP contribution in [-0.4, -0.2) is 37.1 Å². The summed E-state index contributed by atoms with van der Waals surface area (Å²) >= 11 is 0. The van der Waals surface area contributed by atoms with E-state index in [1.54, 1.807) is 0 Å². The van der Waals surface area contributed by atoms with Crippen LogP contribution in [0.3, 0.4) is 0 Å². The molecule has 0 aliphatic heterocycles. The lowest BCUT2D eigenvalue weighted by Crippen LogP contribution is -2.17. The minimum absolute atomic E-state index is 0. The molecule has 0 saturated carbocycles. The fourth-order valence-corrected chi connectivity index (χ4v) is 2.17. The summed E-state index contributed by atoms with van der Waals surface area (Å²) in [5.74, 6) is 0. The van der Waals surface area contributed by atoms with Gasteiger partial charge in [-0.1, -0.05) is 78.6 Å². The van der Waals surface area contributed by atoms with Crippen molar-refractivity contribution in [2.45, 2.75) is 91.4 Å². The van der Waals surface area contributed by atoms with Crippen molar-refractivity contribution >= 4 is 0 Å². The maximum Gasteiger partial charge on any atom is -0.00245 e. The first-order valence-electron chi connectivity index (χ1n) is 9.11. The SMILES string of the molecule is CCCCCCCCCCCCN.CCCN(C)CC.O. The minimum atomic E-state index is 0. The van der Waals surface area contributed by atoms with Crippen LogP contribution in [0.2, 0.25) is 0 Å². The Balaban J connectivity index is -0.000000347. The molecule has 132 valence electrons. The van der Waals surface area contributed by atoms with Crippen LogP contribution in [-0.2, 0) is 0 Å². The van der Waals surface area contributed by atoms with Gasteiger partial charge in [-0.15, -0.1) is 0 Å². The molecule has 0 aliphatic rings. The largest absolute Gasteiger partial charge is 0.412 e. The van der Waals surface area contributed by atoms with Gasteiger partial charge in [-0.2, -0.15) is 0 Å². The van der Waals surface area contributed by atoms with Gasteiger partial charge in [-0.25, -0.2) is 0 Å². The molecule has 0 aromatic rings. The second-order valence-corrected chi connectivity index (χ2v) is 5.87. The third kappa shape index (κ3) is 28.7. The second-order valence-electron chi connectivity index (χ2n) is 5.87.